The Kier molecular flexibility index (Phi) is 6.92. The lowest BCUT2D eigenvalue weighted by Crippen LogP contribution is -2.15. The van der Waals surface area contributed by atoms with Crippen molar-refractivity contribution in [1.29, 1.82) is 0 Å². The predicted octanol–water partition coefficient (Wildman–Crippen LogP) is 4.99. The molecule has 148 valence electrons. The second-order valence-corrected chi connectivity index (χ2v) is 7.43. The fraction of sp³-hybridized carbons (Fsp3) is 0.130. The Balaban J connectivity index is 1.54. The Labute approximate surface area is 174 Å². The summed E-state index contributed by atoms with van der Waals surface area (Å²) in [7, 11) is 1.56. The molecule has 0 bridgehead atoms. The fourth-order valence-corrected chi connectivity index (χ4v) is 3.33. The zero-order valence-corrected chi connectivity index (χ0v) is 17.1. The van der Waals surface area contributed by atoms with Gasteiger partial charge in [-0.2, -0.15) is 0 Å². The first kappa shape index (κ1) is 20.5. The van der Waals surface area contributed by atoms with Gasteiger partial charge in [0.25, 0.3) is 5.91 Å². The van der Waals surface area contributed by atoms with Gasteiger partial charge < -0.3 is 15.4 Å². The average Bonchev–Trinajstić information content (AvgIpc) is 2.74. The van der Waals surface area contributed by atoms with E-state index in [2.05, 4.69) is 10.6 Å². The van der Waals surface area contributed by atoms with Gasteiger partial charge in [0.1, 0.15) is 5.75 Å². The molecule has 0 radical (unpaired) electrons. The number of nitrogens with one attached hydrogen (secondary N) is 2. The van der Waals surface area contributed by atoms with Crippen LogP contribution in [0.2, 0.25) is 0 Å². The lowest BCUT2D eigenvalue weighted by molar-refractivity contribution is -0.113. The van der Waals surface area contributed by atoms with Gasteiger partial charge >= 0.3 is 0 Å². The van der Waals surface area contributed by atoms with Crippen LogP contribution in [0.25, 0.3) is 0 Å². The molecule has 0 atom stereocenters. The summed E-state index contributed by atoms with van der Waals surface area (Å²) >= 11 is 1.48. The van der Waals surface area contributed by atoms with Crippen molar-refractivity contribution < 1.29 is 14.3 Å². The van der Waals surface area contributed by atoms with E-state index in [-0.39, 0.29) is 11.8 Å². The highest BCUT2D eigenvalue weighted by atomic mass is 32.2. The molecule has 0 aliphatic heterocycles. The van der Waals surface area contributed by atoms with Gasteiger partial charge in [-0.15, -0.1) is 11.8 Å². The van der Waals surface area contributed by atoms with Crippen LogP contribution in [0, 0.1) is 6.92 Å². The summed E-state index contributed by atoms with van der Waals surface area (Å²) < 4.78 is 5.24. The minimum absolute atomic E-state index is 0.0956. The standard InChI is InChI=1S/C23H22N2O3S/c1-16-7-13-19(14-8-16)29-15-22(26)24-18-11-9-17(10-12-18)23(27)25-20-5-3-4-6-21(20)28-2/h3-14H,15H2,1-2H3,(H,24,26)(H,25,27). The Morgan fingerprint density at radius 2 is 1.59 bits per heavy atom. The molecule has 0 aliphatic rings. The second kappa shape index (κ2) is 9.80. The molecule has 0 unspecified atom stereocenters. The molecule has 0 saturated heterocycles. The molecule has 29 heavy (non-hydrogen) atoms. The smallest absolute Gasteiger partial charge is 0.255 e. The number of benzene rings is 3. The molecule has 0 saturated carbocycles. The number of carbonyl (C=O) groups is 2. The predicted molar refractivity (Wildman–Crippen MR) is 118 cm³/mol. The van der Waals surface area contributed by atoms with E-state index in [1.165, 1.54) is 17.3 Å². The number of aryl methyl sites for hydroxylation is 1. The van der Waals surface area contributed by atoms with Gasteiger partial charge in [-0.05, 0) is 55.5 Å². The minimum Gasteiger partial charge on any atom is -0.495 e. The number of ether oxygens (including phenoxy) is 1. The first-order valence-corrected chi connectivity index (χ1v) is 10.1. The molecule has 0 aliphatic carbocycles. The summed E-state index contributed by atoms with van der Waals surface area (Å²) in [5, 5.41) is 5.67. The quantitative estimate of drug-likeness (QED) is 0.543. The van der Waals surface area contributed by atoms with E-state index < -0.39 is 0 Å². The third-order valence-corrected chi connectivity index (χ3v) is 5.19. The summed E-state index contributed by atoms with van der Waals surface area (Å²) in [6.45, 7) is 2.03. The summed E-state index contributed by atoms with van der Waals surface area (Å²) in [4.78, 5) is 25.6. The van der Waals surface area contributed by atoms with E-state index in [1.807, 2.05) is 43.3 Å². The summed E-state index contributed by atoms with van der Waals surface area (Å²) in [5.74, 6) is 0.568. The normalized spacial score (nSPS) is 10.3. The van der Waals surface area contributed by atoms with Gasteiger partial charge in [-0.1, -0.05) is 29.8 Å². The number of methoxy groups -OCH3 is 1. The number of carbonyl (C=O) groups excluding carboxylic acids is 2. The van der Waals surface area contributed by atoms with Crippen LogP contribution in [0.4, 0.5) is 11.4 Å². The zero-order valence-electron chi connectivity index (χ0n) is 16.3. The third-order valence-electron chi connectivity index (χ3n) is 4.18. The monoisotopic (exact) mass is 406 g/mol. The highest BCUT2D eigenvalue weighted by molar-refractivity contribution is 8.00. The van der Waals surface area contributed by atoms with Crippen LogP contribution >= 0.6 is 11.8 Å². The lowest BCUT2D eigenvalue weighted by Gasteiger charge is -2.10. The number of anilines is 2. The van der Waals surface area contributed by atoms with Gasteiger partial charge in [0.15, 0.2) is 0 Å². The van der Waals surface area contributed by atoms with E-state index in [4.69, 9.17) is 4.74 Å². The SMILES string of the molecule is COc1ccccc1NC(=O)c1ccc(NC(=O)CSc2ccc(C)cc2)cc1. The minimum atomic E-state index is -0.248. The van der Waals surface area contributed by atoms with E-state index in [0.29, 0.717) is 28.4 Å². The van der Waals surface area contributed by atoms with E-state index in [0.717, 1.165) is 4.90 Å². The molecule has 3 aromatic carbocycles. The number of amides is 2. The van der Waals surface area contributed by atoms with Crippen molar-refractivity contribution in [3.8, 4) is 5.75 Å². The summed E-state index contributed by atoms with van der Waals surface area (Å²) in [5.41, 5.74) is 2.93. The first-order chi connectivity index (χ1) is 14.0. The third kappa shape index (κ3) is 5.86. The highest BCUT2D eigenvalue weighted by Gasteiger charge is 2.10. The Morgan fingerprint density at radius 3 is 2.28 bits per heavy atom. The van der Waals surface area contributed by atoms with E-state index in [1.54, 1.807) is 43.5 Å². The van der Waals surface area contributed by atoms with Crippen molar-refractivity contribution in [2.75, 3.05) is 23.5 Å². The molecule has 6 heteroatoms. The van der Waals surface area contributed by atoms with Crippen LogP contribution in [0.15, 0.2) is 77.7 Å². The van der Waals surface area contributed by atoms with Crippen molar-refractivity contribution in [2.45, 2.75) is 11.8 Å². The van der Waals surface area contributed by atoms with Crippen LogP contribution in [0.3, 0.4) is 0 Å². The first-order valence-electron chi connectivity index (χ1n) is 9.09. The number of thioether (sulfide) groups is 1. The maximum absolute atomic E-state index is 12.4. The van der Waals surface area contributed by atoms with Gasteiger partial charge in [0, 0.05) is 16.1 Å². The Morgan fingerprint density at radius 1 is 0.897 bits per heavy atom. The molecule has 2 amide bonds. The van der Waals surface area contributed by atoms with Crippen molar-refractivity contribution in [2.24, 2.45) is 0 Å². The lowest BCUT2D eigenvalue weighted by atomic mass is 10.2. The van der Waals surface area contributed by atoms with Crippen LogP contribution in [-0.4, -0.2) is 24.7 Å². The van der Waals surface area contributed by atoms with Crippen molar-refractivity contribution >= 4 is 35.0 Å². The molecular formula is C23H22N2O3S. The molecule has 3 rings (SSSR count). The Hall–Kier alpha value is -3.25. The number of hydrogen-bond donors (Lipinski definition) is 2. The molecule has 5 nitrogen and oxygen atoms in total. The molecule has 3 aromatic rings. The number of rotatable bonds is 7. The van der Waals surface area contributed by atoms with Gasteiger partial charge in [0.05, 0.1) is 18.6 Å². The molecule has 0 heterocycles. The summed E-state index contributed by atoms with van der Waals surface area (Å²) in [6, 6.07) is 22.0. The zero-order chi connectivity index (χ0) is 20.6. The fourth-order valence-electron chi connectivity index (χ4n) is 2.63. The van der Waals surface area contributed by atoms with Crippen LogP contribution in [0.1, 0.15) is 15.9 Å². The number of hydrogen-bond acceptors (Lipinski definition) is 4. The van der Waals surface area contributed by atoms with E-state index >= 15 is 0 Å². The summed E-state index contributed by atoms with van der Waals surface area (Å²) in [6.07, 6.45) is 0. The van der Waals surface area contributed by atoms with Gasteiger partial charge in [-0.25, -0.2) is 0 Å². The molecule has 0 spiro atoms. The van der Waals surface area contributed by atoms with E-state index in [9.17, 15) is 9.59 Å². The maximum Gasteiger partial charge on any atom is 0.255 e. The van der Waals surface area contributed by atoms with Crippen LogP contribution in [0.5, 0.6) is 5.75 Å². The van der Waals surface area contributed by atoms with Gasteiger partial charge in [0.2, 0.25) is 5.91 Å². The highest BCUT2D eigenvalue weighted by Crippen LogP contribution is 2.24. The van der Waals surface area contributed by atoms with Crippen molar-refractivity contribution in [1.82, 2.24) is 0 Å². The van der Waals surface area contributed by atoms with Gasteiger partial charge in [-0.3, -0.25) is 9.59 Å². The van der Waals surface area contributed by atoms with Crippen LogP contribution in [-0.2, 0) is 4.79 Å². The van der Waals surface area contributed by atoms with Crippen molar-refractivity contribution in [3.63, 3.8) is 0 Å². The maximum atomic E-state index is 12.4. The number of para-hydroxylation sites is 2. The molecule has 0 aromatic heterocycles. The topological polar surface area (TPSA) is 67.4 Å². The van der Waals surface area contributed by atoms with Crippen molar-refractivity contribution in [3.05, 3.63) is 83.9 Å². The second-order valence-electron chi connectivity index (χ2n) is 6.38. The average molecular weight is 407 g/mol. The molecule has 2 N–H and O–H groups in total. The van der Waals surface area contributed by atoms with Crippen LogP contribution < -0.4 is 15.4 Å². The Bertz CT molecular complexity index is 986. The molecular weight excluding hydrogens is 384 g/mol. The molecule has 0 fully saturated rings. The largest absolute Gasteiger partial charge is 0.495 e.